The van der Waals surface area contributed by atoms with Crippen LogP contribution in [0.4, 0.5) is 4.79 Å². The molecular weight excluding hydrogens is 378 g/mol. The van der Waals surface area contributed by atoms with E-state index in [9.17, 15) is 19.5 Å². The number of aliphatic carboxylic acids is 1. The highest BCUT2D eigenvalue weighted by atomic mass is 16.6. The summed E-state index contributed by atoms with van der Waals surface area (Å²) in [5.74, 6) is -1.27. The smallest absolute Gasteiger partial charge is 0.439 e. The maximum Gasteiger partial charge on any atom is 0.439 e. The molecule has 150 valence electrons. The van der Waals surface area contributed by atoms with Crippen LogP contribution in [-0.2, 0) is 22.7 Å². The zero-order valence-corrected chi connectivity index (χ0v) is 15.6. The number of ether oxygens (including phenoxy) is 2. The number of carbonyl (C=O) groups excluding carboxylic acids is 1. The molecule has 3 rings (SSSR count). The van der Waals surface area contributed by atoms with Crippen molar-refractivity contribution in [1.29, 1.82) is 0 Å². The van der Waals surface area contributed by atoms with Gasteiger partial charge in [-0.25, -0.2) is 19.0 Å². The van der Waals surface area contributed by atoms with E-state index in [-0.39, 0.29) is 19.2 Å². The largest absolute Gasteiger partial charge is 0.480 e. The zero-order valence-electron chi connectivity index (χ0n) is 15.6. The number of aromatic nitrogens is 3. The molecule has 1 N–H and O–H groups in total. The van der Waals surface area contributed by atoms with E-state index in [1.807, 2.05) is 24.3 Å². The topological polar surface area (TPSA) is 113 Å². The van der Waals surface area contributed by atoms with Gasteiger partial charge in [-0.2, -0.15) is 0 Å². The summed E-state index contributed by atoms with van der Waals surface area (Å²) in [4.78, 5) is 36.4. The normalized spacial score (nSPS) is 11.6. The number of benzene rings is 2. The van der Waals surface area contributed by atoms with Crippen LogP contribution in [0.2, 0.25) is 0 Å². The van der Waals surface area contributed by atoms with E-state index in [4.69, 9.17) is 9.47 Å². The first kappa shape index (κ1) is 19.9. The maximum absolute atomic E-state index is 12.6. The third-order valence-corrected chi connectivity index (χ3v) is 4.11. The van der Waals surface area contributed by atoms with Gasteiger partial charge >= 0.3 is 23.8 Å². The Kier molecular flexibility index (Phi) is 6.08. The summed E-state index contributed by atoms with van der Waals surface area (Å²) in [5, 5.41) is 13.1. The summed E-state index contributed by atoms with van der Waals surface area (Å²) in [5.41, 5.74) is 0.560. The van der Waals surface area contributed by atoms with Gasteiger partial charge in [0, 0.05) is 0 Å². The van der Waals surface area contributed by atoms with E-state index >= 15 is 0 Å². The molecule has 0 aliphatic rings. The average Bonchev–Trinajstić information content (AvgIpc) is 3.07. The van der Waals surface area contributed by atoms with Crippen LogP contribution in [0.25, 0.3) is 0 Å². The number of nitrogens with zero attached hydrogens (tertiary/aromatic N) is 3. The van der Waals surface area contributed by atoms with Gasteiger partial charge in [0.15, 0.2) is 0 Å². The van der Waals surface area contributed by atoms with Gasteiger partial charge in [-0.1, -0.05) is 60.7 Å². The molecule has 29 heavy (non-hydrogen) atoms. The predicted molar refractivity (Wildman–Crippen MR) is 102 cm³/mol. The Labute approximate surface area is 165 Å². The minimum Gasteiger partial charge on any atom is -0.480 e. The molecule has 1 aromatic heterocycles. The molecule has 0 unspecified atom stereocenters. The lowest BCUT2D eigenvalue weighted by Crippen LogP contribution is -2.34. The SMILES string of the molecule is C[C@@H](C(=O)O)n1c(OCc2ccccc2)nn(C(=O)OCc2ccccc2)c1=O. The van der Waals surface area contributed by atoms with Gasteiger partial charge in [-0.15, -0.1) is 9.78 Å². The van der Waals surface area contributed by atoms with Crippen molar-refractivity contribution < 1.29 is 24.2 Å². The van der Waals surface area contributed by atoms with Crippen molar-refractivity contribution in [2.24, 2.45) is 0 Å². The first-order valence-corrected chi connectivity index (χ1v) is 8.79. The molecule has 2 aromatic carbocycles. The van der Waals surface area contributed by atoms with Crippen LogP contribution in [0.5, 0.6) is 6.01 Å². The molecule has 9 heteroatoms. The number of hydrogen-bond donors (Lipinski definition) is 1. The van der Waals surface area contributed by atoms with E-state index in [1.165, 1.54) is 6.92 Å². The van der Waals surface area contributed by atoms with Gasteiger partial charge in [0.2, 0.25) is 0 Å². The average molecular weight is 397 g/mol. The second kappa shape index (κ2) is 8.87. The van der Waals surface area contributed by atoms with Crippen LogP contribution in [0.3, 0.4) is 0 Å². The fraction of sp³-hybridized carbons (Fsp3) is 0.200. The molecular formula is C20H19N3O6. The predicted octanol–water partition coefficient (Wildman–Crippen LogP) is 2.45. The van der Waals surface area contributed by atoms with Crippen LogP contribution in [0.1, 0.15) is 24.1 Å². The van der Waals surface area contributed by atoms with E-state index in [2.05, 4.69) is 5.10 Å². The molecule has 0 radical (unpaired) electrons. The van der Waals surface area contributed by atoms with Gasteiger partial charge in [0.05, 0.1) is 0 Å². The van der Waals surface area contributed by atoms with Crippen molar-refractivity contribution >= 4 is 12.1 Å². The third kappa shape index (κ3) is 4.70. The van der Waals surface area contributed by atoms with Gasteiger partial charge in [-0.3, -0.25) is 0 Å². The fourth-order valence-electron chi connectivity index (χ4n) is 2.52. The van der Waals surface area contributed by atoms with Crippen molar-refractivity contribution in [2.75, 3.05) is 0 Å². The quantitative estimate of drug-likeness (QED) is 0.651. The van der Waals surface area contributed by atoms with E-state index < -0.39 is 23.8 Å². The molecule has 9 nitrogen and oxygen atoms in total. The summed E-state index contributed by atoms with van der Waals surface area (Å²) in [6.07, 6.45) is -1.03. The first-order valence-electron chi connectivity index (χ1n) is 8.79. The number of carbonyl (C=O) groups is 2. The van der Waals surface area contributed by atoms with Crippen molar-refractivity contribution in [3.05, 3.63) is 82.3 Å². The Balaban J connectivity index is 1.84. The summed E-state index contributed by atoms with van der Waals surface area (Å²) in [6.45, 7) is 1.27. The molecule has 0 saturated heterocycles. The van der Waals surface area contributed by atoms with Crippen LogP contribution < -0.4 is 10.4 Å². The second-order valence-electron chi connectivity index (χ2n) is 6.18. The number of hydrogen-bond acceptors (Lipinski definition) is 6. The molecule has 0 aliphatic carbocycles. The van der Waals surface area contributed by atoms with Gasteiger partial charge in [0.25, 0.3) is 0 Å². The third-order valence-electron chi connectivity index (χ3n) is 4.11. The molecule has 0 bridgehead atoms. The Morgan fingerprint density at radius 2 is 1.55 bits per heavy atom. The lowest BCUT2D eigenvalue weighted by molar-refractivity contribution is -0.140. The zero-order chi connectivity index (χ0) is 20.8. The molecule has 3 aromatic rings. The molecule has 0 amide bonds. The minimum absolute atomic E-state index is 0.0443. The highest BCUT2D eigenvalue weighted by molar-refractivity contribution is 5.72. The lowest BCUT2D eigenvalue weighted by atomic mass is 10.2. The molecule has 1 heterocycles. The summed E-state index contributed by atoms with van der Waals surface area (Å²) < 4.78 is 11.9. The maximum atomic E-state index is 12.6. The standard InChI is InChI=1S/C20H19N3O6/c1-14(17(24)25)22-18(28-12-15-8-4-2-5-9-15)21-23(19(22)26)20(27)29-13-16-10-6-3-7-11-16/h2-11,14H,12-13H2,1H3,(H,24,25)/t14-/m0/s1. The van der Waals surface area contributed by atoms with Crippen LogP contribution >= 0.6 is 0 Å². The van der Waals surface area contributed by atoms with Crippen LogP contribution in [-0.4, -0.2) is 31.5 Å². The Morgan fingerprint density at radius 1 is 1.00 bits per heavy atom. The Hall–Kier alpha value is -3.88. The van der Waals surface area contributed by atoms with E-state index in [0.29, 0.717) is 4.68 Å². The Bertz CT molecular complexity index is 1040. The van der Waals surface area contributed by atoms with Gasteiger partial charge < -0.3 is 14.6 Å². The molecule has 1 atom stereocenters. The Morgan fingerprint density at radius 3 is 2.10 bits per heavy atom. The van der Waals surface area contributed by atoms with Crippen molar-refractivity contribution in [2.45, 2.75) is 26.2 Å². The monoisotopic (exact) mass is 397 g/mol. The fourth-order valence-corrected chi connectivity index (χ4v) is 2.52. The second-order valence-corrected chi connectivity index (χ2v) is 6.18. The van der Waals surface area contributed by atoms with Gasteiger partial charge in [-0.05, 0) is 18.1 Å². The van der Waals surface area contributed by atoms with Crippen molar-refractivity contribution in [3.8, 4) is 6.01 Å². The van der Waals surface area contributed by atoms with Crippen molar-refractivity contribution in [1.82, 2.24) is 14.3 Å². The van der Waals surface area contributed by atoms with E-state index in [0.717, 1.165) is 15.7 Å². The molecule has 0 spiro atoms. The minimum atomic E-state index is -1.29. The summed E-state index contributed by atoms with van der Waals surface area (Å²) in [7, 11) is 0. The molecule has 0 fully saturated rings. The van der Waals surface area contributed by atoms with Gasteiger partial charge in [0.1, 0.15) is 19.3 Å². The number of rotatable bonds is 7. The highest BCUT2D eigenvalue weighted by Crippen LogP contribution is 2.15. The van der Waals surface area contributed by atoms with Crippen molar-refractivity contribution in [3.63, 3.8) is 0 Å². The van der Waals surface area contributed by atoms with Crippen LogP contribution in [0.15, 0.2) is 65.5 Å². The lowest BCUT2D eigenvalue weighted by Gasteiger charge is -2.10. The number of carboxylic acid groups (broad SMARTS) is 1. The summed E-state index contributed by atoms with van der Waals surface area (Å²) >= 11 is 0. The highest BCUT2D eigenvalue weighted by Gasteiger charge is 2.27. The first-order chi connectivity index (χ1) is 14.0. The molecule has 0 saturated carbocycles. The van der Waals surface area contributed by atoms with Crippen LogP contribution in [0, 0.1) is 0 Å². The molecule has 0 aliphatic heterocycles. The number of carboxylic acids is 1. The van der Waals surface area contributed by atoms with E-state index in [1.54, 1.807) is 36.4 Å². The summed E-state index contributed by atoms with van der Waals surface area (Å²) in [6, 6.07) is 16.4.